The number of hydrogen-bond acceptors (Lipinski definition) is 9. The Labute approximate surface area is 242 Å². The van der Waals surface area contributed by atoms with Gasteiger partial charge in [0.1, 0.15) is 34.4 Å². The van der Waals surface area contributed by atoms with E-state index in [0.29, 0.717) is 19.0 Å². The summed E-state index contributed by atoms with van der Waals surface area (Å²) in [6, 6.07) is 10.2. The van der Waals surface area contributed by atoms with Gasteiger partial charge in [-0.3, -0.25) is 4.79 Å². The molecule has 8 nitrogen and oxygen atoms in total. The Morgan fingerprint density at radius 3 is 2.35 bits per heavy atom. The van der Waals surface area contributed by atoms with Crippen molar-refractivity contribution in [2.24, 2.45) is 0 Å². The first-order valence-corrected chi connectivity index (χ1v) is 14.9. The summed E-state index contributed by atoms with van der Waals surface area (Å²) in [5.41, 5.74) is 2.50. The Balaban J connectivity index is 1.52. The average Bonchev–Trinajstić information content (AvgIpc) is 3.21. The van der Waals surface area contributed by atoms with E-state index < -0.39 is 10.3 Å². The smallest absolute Gasteiger partial charge is 0.322 e. The van der Waals surface area contributed by atoms with E-state index >= 15 is 0 Å². The molecular formula is C31H42N4O4S. The van der Waals surface area contributed by atoms with Gasteiger partial charge < -0.3 is 18.9 Å². The molecule has 216 valence electrons. The third-order valence-corrected chi connectivity index (χ3v) is 8.07. The SMILES string of the molecule is Cc1noc(C)c1CN(Cc1ccc(SC(C)(C)C(=O)OC(C)(C)C)cc1)c1cc(OC2CCCCC2)ncn1. The highest BCUT2D eigenvalue weighted by atomic mass is 32.2. The van der Waals surface area contributed by atoms with Crippen LogP contribution in [0.25, 0.3) is 0 Å². The van der Waals surface area contributed by atoms with Gasteiger partial charge in [-0.25, -0.2) is 9.97 Å². The Morgan fingerprint density at radius 1 is 1.02 bits per heavy atom. The molecule has 0 amide bonds. The highest BCUT2D eigenvalue weighted by molar-refractivity contribution is 8.01. The van der Waals surface area contributed by atoms with Crippen molar-refractivity contribution < 1.29 is 18.8 Å². The summed E-state index contributed by atoms with van der Waals surface area (Å²) in [5.74, 6) is 1.96. The van der Waals surface area contributed by atoms with Crippen molar-refractivity contribution in [1.29, 1.82) is 0 Å². The molecule has 9 heteroatoms. The third-order valence-electron chi connectivity index (χ3n) is 6.88. The average molecular weight is 567 g/mol. The summed E-state index contributed by atoms with van der Waals surface area (Å²) in [6.45, 7) is 14.5. The standard InChI is InChI=1S/C31H42N4O4S/c1-21-26(22(2)39-34-21)19-35(27-17-28(33-20-32-27)37-24-11-9-8-10-12-24)18-23-13-15-25(16-14-23)40-31(6,7)29(36)38-30(3,4)5/h13-17,20,24H,8-12,18-19H2,1-7H3. The Bertz CT molecular complexity index is 1260. The van der Waals surface area contributed by atoms with Crippen LogP contribution >= 0.6 is 11.8 Å². The highest BCUT2D eigenvalue weighted by Gasteiger charge is 2.33. The molecule has 3 aromatic rings. The van der Waals surface area contributed by atoms with Gasteiger partial charge in [-0.2, -0.15) is 0 Å². The molecule has 2 heterocycles. The van der Waals surface area contributed by atoms with Gasteiger partial charge >= 0.3 is 5.97 Å². The predicted octanol–water partition coefficient (Wildman–Crippen LogP) is 7.21. The lowest BCUT2D eigenvalue weighted by atomic mass is 9.98. The van der Waals surface area contributed by atoms with Crippen molar-refractivity contribution in [3.8, 4) is 5.88 Å². The molecular weight excluding hydrogens is 524 g/mol. The first-order valence-electron chi connectivity index (χ1n) is 14.1. The van der Waals surface area contributed by atoms with Gasteiger partial charge in [0.15, 0.2) is 0 Å². The normalized spacial score (nSPS) is 14.7. The maximum atomic E-state index is 12.7. The molecule has 0 atom stereocenters. The van der Waals surface area contributed by atoms with Gasteiger partial charge in [0.25, 0.3) is 0 Å². The number of thioether (sulfide) groups is 1. The molecule has 0 radical (unpaired) electrons. The fourth-order valence-corrected chi connectivity index (χ4v) is 5.66. The molecule has 0 saturated heterocycles. The van der Waals surface area contributed by atoms with E-state index in [1.165, 1.54) is 31.0 Å². The van der Waals surface area contributed by atoms with Gasteiger partial charge in [-0.15, -0.1) is 11.8 Å². The second kappa shape index (κ2) is 12.6. The molecule has 4 rings (SSSR count). The molecule has 40 heavy (non-hydrogen) atoms. The Morgan fingerprint density at radius 2 is 1.73 bits per heavy atom. The Hall–Kier alpha value is -3.07. The van der Waals surface area contributed by atoms with Gasteiger partial charge in [0, 0.05) is 23.1 Å². The maximum Gasteiger partial charge on any atom is 0.322 e. The quantitative estimate of drug-likeness (QED) is 0.186. The van der Waals surface area contributed by atoms with Gasteiger partial charge in [0.05, 0.1) is 12.2 Å². The van der Waals surface area contributed by atoms with E-state index in [1.54, 1.807) is 6.33 Å². The zero-order valence-corrected chi connectivity index (χ0v) is 25.6. The topological polar surface area (TPSA) is 90.6 Å². The highest BCUT2D eigenvalue weighted by Crippen LogP contribution is 2.35. The number of carbonyl (C=O) groups excluding carboxylic acids is 1. The lowest BCUT2D eigenvalue weighted by Crippen LogP contribution is -2.36. The molecule has 1 saturated carbocycles. The number of ether oxygens (including phenoxy) is 2. The van der Waals surface area contributed by atoms with E-state index in [-0.39, 0.29) is 12.1 Å². The molecule has 0 bridgehead atoms. The van der Waals surface area contributed by atoms with Crippen LogP contribution in [0.3, 0.4) is 0 Å². The van der Waals surface area contributed by atoms with Crippen molar-refractivity contribution in [3.63, 3.8) is 0 Å². The van der Waals surface area contributed by atoms with Crippen molar-refractivity contribution in [2.75, 3.05) is 4.90 Å². The molecule has 0 unspecified atom stereocenters. The number of nitrogens with zero attached hydrogens (tertiary/aromatic N) is 4. The lowest BCUT2D eigenvalue weighted by molar-refractivity contribution is -0.156. The zero-order chi connectivity index (χ0) is 28.9. The third kappa shape index (κ3) is 8.22. The molecule has 0 aliphatic heterocycles. The number of aryl methyl sites for hydroxylation is 2. The molecule has 0 N–H and O–H groups in total. The largest absolute Gasteiger partial charge is 0.474 e. The summed E-state index contributed by atoms with van der Waals surface area (Å²) in [4.78, 5) is 24.9. The van der Waals surface area contributed by atoms with Crippen molar-refractivity contribution >= 4 is 23.5 Å². The number of benzene rings is 1. The fourth-order valence-electron chi connectivity index (χ4n) is 4.68. The predicted molar refractivity (Wildman–Crippen MR) is 158 cm³/mol. The summed E-state index contributed by atoms with van der Waals surface area (Å²) >= 11 is 1.50. The summed E-state index contributed by atoms with van der Waals surface area (Å²) in [6.07, 6.45) is 7.59. The van der Waals surface area contributed by atoms with E-state index in [2.05, 4.69) is 44.3 Å². The van der Waals surface area contributed by atoms with Crippen LogP contribution in [0.4, 0.5) is 5.82 Å². The van der Waals surface area contributed by atoms with Gasteiger partial charge in [0.2, 0.25) is 5.88 Å². The summed E-state index contributed by atoms with van der Waals surface area (Å²) in [5, 5.41) is 4.15. The monoisotopic (exact) mass is 566 g/mol. The Kier molecular flexibility index (Phi) is 9.44. The van der Waals surface area contributed by atoms with E-state index in [1.807, 2.05) is 54.5 Å². The van der Waals surface area contributed by atoms with Crippen LogP contribution in [-0.4, -0.2) is 37.5 Å². The second-order valence-corrected chi connectivity index (χ2v) is 13.7. The number of anilines is 1. The van der Waals surface area contributed by atoms with Crippen molar-refractivity contribution in [1.82, 2.24) is 15.1 Å². The van der Waals surface area contributed by atoms with Crippen molar-refractivity contribution in [3.05, 3.63) is 59.2 Å². The summed E-state index contributed by atoms with van der Waals surface area (Å²) in [7, 11) is 0. The first kappa shape index (κ1) is 29.9. The molecule has 2 aromatic heterocycles. The molecule has 1 aromatic carbocycles. The number of aromatic nitrogens is 3. The number of hydrogen-bond donors (Lipinski definition) is 0. The first-order chi connectivity index (χ1) is 18.9. The minimum absolute atomic E-state index is 0.211. The minimum atomic E-state index is -0.708. The molecule has 1 fully saturated rings. The van der Waals surface area contributed by atoms with Crippen LogP contribution in [0.15, 0.2) is 46.1 Å². The van der Waals surface area contributed by atoms with E-state index in [4.69, 9.17) is 14.0 Å². The van der Waals surface area contributed by atoms with E-state index in [9.17, 15) is 4.79 Å². The maximum absolute atomic E-state index is 12.7. The van der Waals surface area contributed by atoms with Crippen LogP contribution < -0.4 is 9.64 Å². The molecule has 0 spiro atoms. The van der Waals surface area contributed by atoms with Crippen LogP contribution in [0.1, 0.15) is 89.3 Å². The lowest BCUT2D eigenvalue weighted by Gasteiger charge is -2.28. The van der Waals surface area contributed by atoms with Crippen molar-refractivity contribution in [2.45, 2.75) is 115 Å². The fraction of sp³-hybridized carbons (Fsp3) is 0.548. The van der Waals surface area contributed by atoms with Gasteiger partial charge in [-0.05, 0) is 91.8 Å². The van der Waals surface area contributed by atoms with Gasteiger partial charge in [-0.1, -0.05) is 23.7 Å². The number of rotatable bonds is 10. The number of esters is 1. The van der Waals surface area contributed by atoms with Crippen LogP contribution in [-0.2, 0) is 22.6 Å². The van der Waals surface area contributed by atoms with Crippen LogP contribution in [0.2, 0.25) is 0 Å². The van der Waals surface area contributed by atoms with E-state index in [0.717, 1.165) is 46.1 Å². The summed E-state index contributed by atoms with van der Waals surface area (Å²) < 4.78 is 16.6. The molecule has 1 aliphatic carbocycles. The second-order valence-electron chi connectivity index (χ2n) is 12.0. The van der Waals surface area contributed by atoms with Crippen LogP contribution in [0.5, 0.6) is 5.88 Å². The van der Waals surface area contributed by atoms with Crippen LogP contribution in [0, 0.1) is 13.8 Å². The minimum Gasteiger partial charge on any atom is -0.474 e. The molecule has 1 aliphatic rings. The number of carbonyl (C=O) groups is 1. The zero-order valence-electron chi connectivity index (χ0n) is 24.8.